The normalized spacial score (nSPS) is 20.9. The number of nitrogens with one attached hydrogen (secondary N) is 1. The largest absolute Gasteiger partial charge is 0.334 e. The Kier molecular flexibility index (Phi) is 8.50. The summed E-state index contributed by atoms with van der Waals surface area (Å²) in [6.07, 6.45) is 4.75. The summed E-state index contributed by atoms with van der Waals surface area (Å²) < 4.78 is 0. The Morgan fingerprint density at radius 1 is 1.19 bits per heavy atom. The summed E-state index contributed by atoms with van der Waals surface area (Å²) in [4.78, 5) is 43.3. The second kappa shape index (κ2) is 11.6. The maximum Gasteiger partial charge on any atom is 0.334 e. The van der Waals surface area contributed by atoms with Crippen LogP contribution in [0.5, 0.6) is 0 Å². The lowest BCUT2D eigenvalue weighted by Crippen LogP contribution is -2.77. The number of piperazine rings is 1. The second-order valence-electron chi connectivity index (χ2n) is 8.87. The van der Waals surface area contributed by atoms with Crippen LogP contribution < -0.4 is 5.32 Å². The first kappa shape index (κ1) is 27.1. The van der Waals surface area contributed by atoms with Crippen molar-refractivity contribution in [3.8, 4) is 12.3 Å². The third-order valence-electron chi connectivity index (χ3n) is 6.34. The van der Waals surface area contributed by atoms with Crippen molar-refractivity contribution in [2.45, 2.75) is 37.6 Å². The van der Waals surface area contributed by atoms with E-state index in [-0.39, 0.29) is 44.5 Å². The molecule has 1 unspecified atom stereocenters. The molecule has 11 heteroatoms. The van der Waals surface area contributed by atoms with Crippen molar-refractivity contribution in [1.29, 1.82) is 0 Å². The number of carbonyl (C=O) groups excluding carboxylic acids is 3. The van der Waals surface area contributed by atoms with Gasteiger partial charge in [-0.3, -0.25) is 9.59 Å². The van der Waals surface area contributed by atoms with E-state index in [2.05, 4.69) is 11.2 Å². The number of amides is 4. The number of carbonyl (C=O) groups is 3. The third kappa shape index (κ3) is 5.81. The van der Waals surface area contributed by atoms with Crippen LogP contribution in [-0.2, 0) is 22.7 Å². The minimum absolute atomic E-state index is 0.0346. The van der Waals surface area contributed by atoms with Crippen molar-refractivity contribution < 1.29 is 14.4 Å². The molecule has 0 radical (unpaired) electrons. The van der Waals surface area contributed by atoms with Gasteiger partial charge in [-0.2, -0.15) is 5.01 Å². The molecule has 1 N–H and O–H groups in total. The highest BCUT2D eigenvalue weighted by Gasteiger charge is 2.52. The van der Waals surface area contributed by atoms with Gasteiger partial charge in [0.1, 0.15) is 12.2 Å². The predicted molar refractivity (Wildman–Crippen MR) is 143 cm³/mol. The molecule has 2 saturated heterocycles. The summed E-state index contributed by atoms with van der Waals surface area (Å²) in [6.45, 7) is 2.01. The number of benzene rings is 2. The monoisotopic (exact) mass is 561 g/mol. The van der Waals surface area contributed by atoms with Crippen molar-refractivity contribution in [1.82, 2.24) is 25.1 Å². The fourth-order valence-corrected chi connectivity index (χ4v) is 5.35. The highest BCUT2D eigenvalue weighted by atomic mass is 35.5. The van der Waals surface area contributed by atoms with Crippen molar-refractivity contribution in [3.63, 3.8) is 0 Å². The molecule has 2 aliphatic rings. The Labute approximate surface area is 231 Å². The van der Waals surface area contributed by atoms with Gasteiger partial charge in [0.2, 0.25) is 11.8 Å². The van der Waals surface area contributed by atoms with E-state index in [4.69, 9.17) is 41.2 Å². The van der Waals surface area contributed by atoms with Gasteiger partial charge in [-0.05, 0) is 30.2 Å². The predicted octanol–water partition coefficient (Wildman–Crippen LogP) is 3.56. The molecule has 37 heavy (non-hydrogen) atoms. The van der Waals surface area contributed by atoms with Gasteiger partial charge in [-0.15, -0.1) is 18.0 Å². The molecule has 0 bridgehead atoms. The van der Waals surface area contributed by atoms with E-state index in [1.54, 1.807) is 30.0 Å². The van der Waals surface area contributed by atoms with Gasteiger partial charge >= 0.3 is 6.03 Å². The average Bonchev–Trinajstić information content (AvgIpc) is 2.86. The fraction of sp³-hybridized carbons (Fsp3) is 0.346. The molecule has 0 spiro atoms. The summed E-state index contributed by atoms with van der Waals surface area (Å²) in [6, 6.07) is 13.1. The topological polar surface area (TPSA) is 76.2 Å². The van der Waals surface area contributed by atoms with Crippen LogP contribution in [0, 0.1) is 12.3 Å². The third-order valence-corrected chi connectivity index (χ3v) is 7.17. The Balaban J connectivity index is 1.67. The van der Waals surface area contributed by atoms with Gasteiger partial charge in [0, 0.05) is 23.1 Å². The van der Waals surface area contributed by atoms with Crippen molar-refractivity contribution in [2.75, 3.05) is 19.6 Å². The molecule has 8 nitrogen and oxygen atoms in total. The lowest BCUT2D eigenvalue weighted by Gasteiger charge is -2.55. The molecule has 2 aromatic rings. The molecule has 2 aliphatic heterocycles. The lowest BCUT2D eigenvalue weighted by molar-refractivity contribution is -0.189. The smallest absolute Gasteiger partial charge is 0.333 e. The van der Waals surface area contributed by atoms with Crippen molar-refractivity contribution in [3.05, 3.63) is 69.7 Å². The van der Waals surface area contributed by atoms with Crippen LogP contribution >= 0.6 is 34.8 Å². The molecule has 2 aromatic carbocycles. The number of rotatable bonds is 6. The first-order valence-corrected chi connectivity index (χ1v) is 12.9. The summed E-state index contributed by atoms with van der Waals surface area (Å²) >= 11 is 18.9. The van der Waals surface area contributed by atoms with Crippen LogP contribution in [0.1, 0.15) is 18.1 Å². The Bertz CT molecular complexity index is 1220. The number of terminal acetylenes is 1. The first-order chi connectivity index (χ1) is 17.7. The van der Waals surface area contributed by atoms with Gasteiger partial charge in [-0.1, -0.05) is 65.5 Å². The number of alkyl halides is 1. The second-order valence-corrected chi connectivity index (χ2v) is 10.4. The highest BCUT2D eigenvalue weighted by Crippen LogP contribution is 2.31. The molecular formula is C26H26Cl3N5O3. The van der Waals surface area contributed by atoms with Crippen LogP contribution in [0.3, 0.4) is 0 Å². The van der Waals surface area contributed by atoms with Crippen LogP contribution in [0.15, 0.2) is 48.5 Å². The van der Waals surface area contributed by atoms with E-state index in [0.29, 0.717) is 15.6 Å². The van der Waals surface area contributed by atoms with E-state index in [1.165, 1.54) is 14.9 Å². The Morgan fingerprint density at radius 3 is 2.57 bits per heavy atom. The first-order valence-electron chi connectivity index (χ1n) is 11.7. The van der Waals surface area contributed by atoms with Gasteiger partial charge < -0.3 is 15.1 Å². The SMILES string of the molecule is C#CCN1CC(=O)N2[C@@H](C(C)Cl)C(=O)N(Cc3ccc(Cl)cc3Cl)C[C@@H]2N1C(=O)NCc1ccccc1. The number of fused-ring (bicyclic) bond motifs is 1. The van der Waals surface area contributed by atoms with Gasteiger partial charge in [0.05, 0.1) is 25.0 Å². The molecular weight excluding hydrogens is 537 g/mol. The van der Waals surface area contributed by atoms with Crippen molar-refractivity contribution >= 4 is 52.6 Å². The van der Waals surface area contributed by atoms with Gasteiger partial charge in [0.15, 0.2) is 0 Å². The minimum Gasteiger partial charge on any atom is -0.333 e. The van der Waals surface area contributed by atoms with E-state index in [0.717, 1.165) is 5.56 Å². The Morgan fingerprint density at radius 2 is 1.92 bits per heavy atom. The van der Waals surface area contributed by atoms with Crippen LogP contribution in [0.4, 0.5) is 4.79 Å². The van der Waals surface area contributed by atoms with E-state index >= 15 is 0 Å². The summed E-state index contributed by atoms with van der Waals surface area (Å²) in [7, 11) is 0. The highest BCUT2D eigenvalue weighted by molar-refractivity contribution is 6.35. The fourth-order valence-electron chi connectivity index (χ4n) is 4.66. The molecule has 4 amide bonds. The van der Waals surface area contributed by atoms with E-state index < -0.39 is 23.6 Å². The molecule has 2 heterocycles. The number of halogens is 3. The minimum atomic E-state index is -0.976. The van der Waals surface area contributed by atoms with E-state index in [1.807, 2.05) is 30.3 Å². The van der Waals surface area contributed by atoms with Gasteiger partial charge in [-0.25, -0.2) is 9.80 Å². The lowest BCUT2D eigenvalue weighted by atomic mass is 10.0. The number of hydrogen-bond acceptors (Lipinski definition) is 4. The molecule has 194 valence electrons. The van der Waals surface area contributed by atoms with Crippen LogP contribution in [0.2, 0.25) is 10.0 Å². The molecule has 0 aromatic heterocycles. The van der Waals surface area contributed by atoms with Crippen LogP contribution in [-0.4, -0.2) is 74.9 Å². The number of hydrogen-bond donors (Lipinski definition) is 1. The molecule has 0 aliphatic carbocycles. The number of urea groups is 1. The molecule has 0 saturated carbocycles. The summed E-state index contributed by atoms with van der Waals surface area (Å²) in [5, 5.41) is 6.02. The quantitative estimate of drug-likeness (QED) is 0.432. The number of hydrazine groups is 1. The van der Waals surface area contributed by atoms with E-state index in [9.17, 15) is 14.4 Å². The zero-order valence-electron chi connectivity index (χ0n) is 20.1. The molecule has 2 fully saturated rings. The summed E-state index contributed by atoms with van der Waals surface area (Å²) in [5.74, 6) is 1.86. The molecule has 3 atom stereocenters. The average molecular weight is 563 g/mol. The maximum atomic E-state index is 13.6. The number of nitrogens with zero attached hydrogens (tertiary/aromatic N) is 4. The molecule has 4 rings (SSSR count). The Hall–Kier alpha value is -2.96. The standard InChI is InChI=1S/C26H26Cl3N5O3/c1-3-11-32-16-23(35)33-22(34(32)26(37)30-13-18-7-5-4-6-8-18)15-31(25(36)24(33)17(2)27)14-19-9-10-20(28)12-21(19)29/h1,4-10,12,17,22,24H,11,13-16H2,2H3,(H,30,37)/t17?,22-,24-/m0/s1. The van der Waals surface area contributed by atoms with Crippen LogP contribution in [0.25, 0.3) is 0 Å². The zero-order valence-corrected chi connectivity index (χ0v) is 22.4. The van der Waals surface area contributed by atoms with Gasteiger partial charge in [0.25, 0.3) is 0 Å². The zero-order chi connectivity index (χ0) is 26.7. The maximum absolute atomic E-state index is 13.6. The van der Waals surface area contributed by atoms with Crippen molar-refractivity contribution in [2.24, 2.45) is 0 Å². The summed E-state index contributed by atoms with van der Waals surface area (Å²) in [5.41, 5.74) is 1.59.